The Labute approximate surface area is 127 Å². The van der Waals surface area contributed by atoms with Gasteiger partial charge >= 0.3 is 0 Å². The smallest absolute Gasteiger partial charge is 0.122 e. The summed E-state index contributed by atoms with van der Waals surface area (Å²) in [5.41, 5.74) is 3.76. The van der Waals surface area contributed by atoms with Gasteiger partial charge in [0.15, 0.2) is 0 Å². The molecule has 1 aliphatic heterocycles. The first-order valence-electron chi connectivity index (χ1n) is 6.82. The van der Waals surface area contributed by atoms with Crippen LogP contribution < -0.4 is 4.74 Å². The number of halogens is 1. The number of hydrogen-bond acceptors (Lipinski definition) is 2. The molecule has 0 fully saturated rings. The monoisotopic (exact) mass is 332 g/mol. The Morgan fingerprint density at radius 1 is 1.25 bits per heavy atom. The number of benzene rings is 2. The third-order valence-electron chi connectivity index (χ3n) is 3.62. The quantitative estimate of drug-likeness (QED) is 0.826. The van der Waals surface area contributed by atoms with Crippen LogP contribution in [0.4, 0.5) is 0 Å². The molecule has 1 aliphatic rings. The third-order valence-corrected chi connectivity index (χ3v) is 4.11. The summed E-state index contributed by atoms with van der Waals surface area (Å²) in [6, 6.07) is 14.5. The van der Waals surface area contributed by atoms with Crippen molar-refractivity contribution < 1.29 is 9.47 Å². The molecule has 0 saturated carbocycles. The largest absolute Gasteiger partial charge is 0.490 e. The fourth-order valence-electron chi connectivity index (χ4n) is 2.56. The van der Waals surface area contributed by atoms with Crippen LogP contribution in [0.3, 0.4) is 0 Å². The molecule has 1 unspecified atom stereocenters. The van der Waals surface area contributed by atoms with Crippen LogP contribution in [-0.4, -0.2) is 13.2 Å². The average molecular weight is 333 g/mol. The van der Waals surface area contributed by atoms with Gasteiger partial charge in [0.05, 0.1) is 6.61 Å². The number of fused-ring (bicyclic) bond motifs is 1. The van der Waals surface area contributed by atoms with E-state index in [2.05, 4.69) is 53.2 Å². The molecule has 0 N–H and O–H groups in total. The predicted molar refractivity (Wildman–Crippen MR) is 83.2 cm³/mol. The molecule has 0 aliphatic carbocycles. The van der Waals surface area contributed by atoms with Crippen molar-refractivity contribution in [3.63, 3.8) is 0 Å². The molecule has 2 aromatic rings. The molecule has 2 nitrogen and oxygen atoms in total. The normalized spacial score (nSPS) is 17.6. The second-order valence-corrected chi connectivity index (χ2v) is 5.94. The van der Waals surface area contributed by atoms with Crippen molar-refractivity contribution >= 4 is 15.9 Å². The van der Waals surface area contributed by atoms with E-state index in [9.17, 15) is 0 Å². The van der Waals surface area contributed by atoms with Crippen molar-refractivity contribution in [1.82, 2.24) is 0 Å². The number of hydrogen-bond donors (Lipinski definition) is 0. The Balaban J connectivity index is 1.73. The van der Waals surface area contributed by atoms with Crippen LogP contribution in [0.25, 0.3) is 0 Å². The molecule has 3 rings (SSSR count). The Morgan fingerprint density at radius 2 is 2.10 bits per heavy atom. The molecule has 3 heteroatoms. The minimum atomic E-state index is 0.0306. The maximum absolute atomic E-state index is 5.94. The van der Waals surface area contributed by atoms with E-state index in [1.54, 1.807) is 0 Å². The molecule has 0 spiro atoms. The first kappa shape index (κ1) is 13.7. The molecule has 2 aromatic carbocycles. The van der Waals surface area contributed by atoms with Crippen molar-refractivity contribution in [2.75, 3.05) is 13.2 Å². The highest BCUT2D eigenvalue weighted by Gasteiger charge is 2.21. The van der Waals surface area contributed by atoms with E-state index in [0.29, 0.717) is 6.61 Å². The van der Waals surface area contributed by atoms with Gasteiger partial charge < -0.3 is 9.47 Å². The molecule has 0 amide bonds. The Bertz CT molecular complexity index is 610. The first-order chi connectivity index (χ1) is 9.74. The number of aryl methyl sites for hydroxylation is 1. The molecule has 1 atom stereocenters. The third kappa shape index (κ3) is 2.89. The van der Waals surface area contributed by atoms with E-state index in [0.717, 1.165) is 28.8 Å². The van der Waals surface area contributed by atoms with Gasteiger partial charge in [0.1, 0.15) is 18.5 Å². The summed E-state index contributed by atoms with van der Waals surface area (Å²) in [5, 5.41) is 0. The second kappa shape index (κ2) is 5.98. The lowest BCUT2D eigenvalue weighted by Crippen LogP contribution is -2.21. The van der Waals surface area contributed by atoms with Gasteiger partial charge in [-0.05, 0) is 48.2 Å². The minimum absolute atomic E-state index is 0.0306. The van der Waals surface area contributed by atoms with Crippen LogP contribution in [0, 0.1) is 6.92 Å². The highest BCUT2D eigenvalue weighted by Crippen LogP contribution is 2.29. The first-order valence-corrected chi connectivity index (χ1v) is 7.62. The second-order valence-electron chi connectivity index (χ2n) is 5.03. The van der Waals surface area contributed by atoms with Crippen molar-refractivity contribution in [1.29, 1.82) is 0 Å². The topological polar surface area (TPSA) is 18.5 Å². The summed E-state index contributed by atoms with van der Waals surface area (Å²) in [7, 11) is 0. The van der Waals surface area contributed by atoms with E-state index >= 15 is 0 Å². The van der Waals surface area contributed by atoms with Gasteiger partial charge in [0.2, 0.25) is 0 Å². The average Bonchev–Trinajstić information content (AvgIpc) is 2.46. The van der Waals surface area contributed by atoms with Gasteiger partial charge in [-0.25, -0.2) is 0 Å². The van der Waals surface area contributed by atoms with E-state index in [4.69, 9.17) is 9.47 Å². The molecule has 0 saturated heterocycles. The van der Waals surface area contributed by atoms with Crippen LogP contribution >= 0.6 is 15.9 Å². The standard InChI is InChI=1S/C17H17BrO2/c1-12-10-14(18)6-7-16(12)20-11-17-15-5-3-2-4-13(15)8-9-19-17/h2-7,10,17H,8-9,11H2,1H3. The van der Waals surface area contributed by atoms with Gasteiger partial charge in [-0.2, -0.15) is 0 Å². The Kier molecular flexibility index (Phi) is 4.08. The fourth-order valence-corrected chi connectivity index (χ4v) is 3.03. The van der Waals surface area contributed by atoms with Gasteiger partial charge in [0, 0.05) is 4.47 Å². The maximum atomic E-state index is 5.94. The number of ether oxygens (including phenoxy) is 2. The zero-order chi connectivity index (χ0) is 13.9. The van der Waals surface area contributed by atoms with E-state index in [1.165, 1.54) is 11.1 Å². The van der Waals surface area contributed by atoms with Gasteiger partial charge in [-0.1, -0.05) is 40.2 Å². The van der Waals surface area contributed by atoms with Crippen molar-refractivity contribution in [3.8, 4) is 5.75 Å². The Hall–Kier alpha value is -1.32. The summed E-state index contributed by atoms with van der Waals surface area (Å²) >= 11 is 3.47. The highest BCUT2D eigenvalue weighted by atomic mass is 79.9. The van der Waals surface area contributed by atoms with Gasteiger partial charge in [-0.15, -0.1) is 0 Å². The summed E-state index contributed by atoms with van der Waals surface area (Å²) in [6.45, 7) is 3.37. The molecule has 0 radical (unpaired) electrons. The van der Waals surface area contributed by atoms with Crippen molar-refractivity contribution in [2.24, 2.45) is 0 Å². The summed E-state index contributed by atoms with van der Waals surface area (Å²) in [5.74, 6) is 0.917. The fraction of sp³-hybridized carbons (Fsp3) is 0.294. The SMILES string of the molecule is Cc1cc(Br)ccc1OCC1OCCc2ccccc21. The van der Waals surface area contributed by atoms with Crippen molar-refractivity contribution in [2.45, 2.75) is 19.4 Å². The van der Waals surface area contributed by atoms with Crippen LogP contribution in [0.15, 0.2) is 46.9 Å². The molecular weight excluding hydrogens is 316 g/mol. The molecule has 20 heavy (non-hydrogen) atoms. The van der Waals surface area contributed by atoms with Crippen LogP contribution in [0.1, 0.15) is 22.8 Å². The van der Waals surface area contributed by atoms with Gasteiger partial charge in [0.25, 0.3) is 0 Å². The molecule has 104 valence electrons. The van der Waals surface area contributed by atoms with E-state index in [-0.39, 0.29) is 6.10 Å². The lowest BCUT2D eigenvalue weighted by Gasteiger charge is -2.26. The van der Waals surface area contributed by atoms with Gasteiger partial charge in [-0.3, -0.25) is 0 Å². The van der Waals surface area contributed by atoms with Crippen LogP contribution in [-0.2, 0) is 11.2 Å². The summed E-state index contributed by atoms with van der Waals surface area (Å²) in [4.78, 5) is 0. The highest BCUT2D eigenvalue weighted by molar-refractivity contribution is 9.10. The lowest BCUT2D eigenvalue weighted by molar-refractivity contribution is 0.0100. The maximum Gasteiger partial charge on any atom is 0.122 e. The molecular formula is C17H17BrO2. The summed E-state index contributed by atoms with van der Waals surface area (Å²) in [6.07, 6.45) is 1.02. The molecule has 0 bridgehead atoms. The summed E-state index contributed by atoms with van der Waals surface area (Å²) < 4.78 is 12.9. The van der Waals surface area contributed by atoms with Crippen LogP contribution in [0.2, 0.25) is 0 Å². The predicted octanol–water partition coefficient (Wildman–Crippen LogP) is 4.45. The molecule has 0 aromatic heterocycles. The minimum Gasteiger partial charge on any atom is -0.490 e. The van der Waals surface area contributed by atoms with E-state index in [1.807, 2.05) is 12.1 Å². The van der Waals surface area contributed by atoms with Crippen LogP contribution in [0.5, 0.6) is 5.75 Å². The lowest BCUT2D eigenvalue weighted by atomic mass is 9.98. The zero-order valence-electron chi connectivity index (χ0n) is 11.4. The molecule has 1 heterocycles. The van der Waals surface area contributed by atoms with Crippen molar-refractivity contribution in [3.05, 3.63) is 63.6 Å². The van der Waals surface area contributed by atoms with E-state index < -0.39 is 0 Å². The number of rotatable bonds is 3. The zero-order valence-corrected chi connectivity index (χ0v) is 13.0. The Morgan fingerprint density at radius 3 is 2.95 bits per heavy atom.